The van der Waals surface area contributed by atoms with Crippen molar-refractivity contribution in [2.45, 2.75) is 52.1 Å². The van der Waals surface area contributed by atoms with Crippen LogP contribution in [0.4, 0.5) is 0 Å². The Morgan fingerprint density at radius 3 is 2.18 bits per heavy atom. The van der Waals surface area contributed by atoms with Crippen molar-refractivity contribution in [2.24, 2.45) is 11.7 Å². The molecule has 0 radical (unpaired) electrons. The Balaban J connectivity index is 4.22. The van der Waals surface area contributed by atoms with E-state index in [0.717, 1.165) is 12.8 Å². The summed E-state index contributed by atoms with van der Waals surface area (Å²) in [4.78, 5) is 13.8. The van der Waals surface area contributed by atoms with Gasteiger partial charge >= 0.3 is 0 Å². The van der Waals surface area contributed by atoms with Gasteiger partial charge in [0.2, 0.25) is 5.91 Å². The monoisotopic (exact) mass is 243 g/mol. The van der Waals surface area contributed by atoms with E-state index in [0.29, 0.717) is 24.9 Å². The van der Waals surface area contributed by atoms with Gasteiger partial charge in [-0.25, -0.2) is 0 Å². The second-order valence-electron chi connectivity index (χ2n) is 5.09. The molecule has 0 saturated carbocycles. The van der Waals surface area contributed by atoms with E-state index in [-0.39, 0.29) is 11.9 Å². The molecule has 2 atom stereocenters. The first kappa shape index (κ1) is 16.4. The first-order valence-corrected chi connectivity index (χ1v) is 6.61. The maximum atomic E-state index is 11.6. The predicted octanol–water partition coefficient (Wildman–Crippen LogP) is 1.21. The number of nitrogens with two attached hydrogens (primary N) is 1. The van der Waals surface area contributed by atoms with Crippen LogP contribution < -0.4 is 11.1 Å². The summed E-state index contributed by atoms with van der Waals surface area (Å²) in [6.07, 6.45) is 2.69. The highest BCUT2D eigenvalue weighted by Gasteiger charge is 2.21. The number of rotatable bonds is 8. The molecule has 0 spiro atoms. The highest BCUT2D eigenvalue weighted by molar-refractivity contribution is 5.76. The van der Waals surface area contributed by atoms with Crippen molar-refractivity contribution >= 4 is 5.91 Å². The van der Waals surface area contributed by atoms with Crippen molar-refractivity contribution in [3.8, 4) is 0 Å². The zero-order chi connectivity index (χ0) is 13.4. The fourth-order valence-electron chi connectivity index (χ4n) is 2.19. The quantitative estimate of drug-likeness (QED) is 0.673. The lowest BCUT2D eigenvalue weighted by Crippen LogP contribution is -2.45. The van der Waals surface area contributed by atoms with E-state index < -0.39 is 0 Å². The number of hydrogen-bond acceptors (Lipinski definition) is 3. The van der Waals surface area contributed by atoms with Crippen molar-refractivity contribution in [3.05, 3.63) is 0 Å². The highest BCUT2D eigenvalue weighted by Crippen LogP contribution is 2.16. The summed E-state index contributed by atoms with van der Waals surface area (Å²) in [5.41, 5.74) is 5.60. The van der Waals surface area contributed by atoms with Gasteiger partial charge in [0.1, 0.15) is 0 Å². The van der Waals surface area contributed by atoms with Gasteiger partial charge in [0.25, 0.3) is 0 Å². The van der Waals surface area contributed by atoms with E-state index in [2.05, 4.69) is 38.2 Å². The Morgan fingerprint density at radius 2 is 1.82 bits per heavy atom. The summed E-state index contributed by atoms with van der Waals surface area (Å²) < 4.78 is 0. The molecule has 0 aromatic rings. The molecule has 0 aliphatic rings. The molecular weight excluding hydrogens is 214 g/mol. The summed E-state index contributed by atoms with van der Waals surface area (Å²) in [7, 11) is 4.14. The largest absolute Gasteiger partial charge is 0.354 e. The number of carbonyl (C=O) groups is 1. The summed E-state index contributed by atoms with van der Waals surface area (Å²) in [5, 5.41) is 2.98. The van der Waals surface area contributed by atoms with Gasteiger partial charge in [-0.3, -0.25) is 4.79 Å². The lowest BCUT2D eigenvalue weighted by atomic mass is 9.93. The Kier molecular flexibility index (Phi) is 8.17. The summed E-state index contributed by atoms with van der Waals surface area (Å²) in [5.74, 6) is 0.679. The third-order valence-corrected chi connectivity index (χ3v) is 3.27. The average molecular weight is 243 g/mol. The molecule has 0 aliphatic heterocycles. The molecule has 0 saturated heterocycles. The fourth-order valence-corrected chi connectivity index (χ4v) is 2.19. The minimum Gasteiger partial charge on any atom is -0.354 e. The van der Waals surface area contributed by atoms with Crippen LogP contribution in [0.5, 0.6) is 0 Å². The molecule has 0 fully saturated rings. The average Bonchev–Trinajstić information content (AvgIpc) is 2.22. The number of carbonyl (C=O) groups excluding carboxylic acids is 1. The van der Waals surface area contributed by atoms with Crippen molar-refractivity contribution < 1.29 is 4.79 Å². The van der Waals surface area contributed by atoms with E-state index in [1.807, 2.05) is 6.92 Å². The van der Waals surface area contributed by atoms with Crippen LogP contribution in [0.3, 0.4) is 0 Å². The van der Waals surface area contributed by atoms with E-state index in [1.54, 1.807) is 0 Å². The highest BCUT2D eigenvalue weighted by atomic mass is 16.1. The van der Waals surface area contributed by atoms with Crippen LogP contribution >= 0.6 is 0 Å². The Morgan fingerprint density at radius 1 is 1.29 bits per heavy atom. The molecular formula is C13H29N3O. The standard InChI is InChI=1S/C13H29N3O/c1-6-11(7-2)12(16(4)5)9-15-13(17)8-10(3)14/h10-12H,6-9,14H2,1-5H3,(H,15,17). The van der Waals surface area contributed by atoms with Gasteiger partial charge in [0.05, 0.1) is 0 Å². The number of nitrogens with zero attached hydrogens (tertiary/aromatic N) is 1. The molecule has 0 heterocycles. The van der Waals surface area contributed by atoms with Gasteiger partial charge < -0.3 is 16.0 Å². The number of nitrogens with one attached hydrogen (secondary N) is 1. The molecule has 102 valence electrons. The van der Waals surface area contributed by atoms with Crippen LogP contribution in [0.2, 0.25) is 0 Å². The van der Waals surface area contributed by atoms with Crippen molar-refractivity contribution in [1.82, 2.24) is 10.2 Å². The minimum atomic E-state index is -0.0686. The first-order chi connectivity index (χ1) is 7.92. The first-order valence-electron chi connectivity index (χ1n) is 6.61. The molecule has 3 N–H and O–H groups in total. The third kappa shape index (κ3) is 6.64. The van der Waals surface area contributed by atoms with Crippen LogP contribution in [0.25, 0.3) is 0 Å². The number of amides is 1. The SMILES string of the molecule is CCC(CC)C(CNC(=O)CC(C)N)N(C)C. The smallest absolute Gasteiger partial charge is 0.221 e. The Bertz CT molecular complexity index is 213. The molecule has 0 bridgehead atoms. The molecule has 0 aliphatic carbocycles. The predicted molar refractivity (Wildman–Crippen MR) is 72.8 cm³/mol. The third-order valence-electron chi connectivity index (χ3n) is 3.27. The van der Waals surface area contributed by atoms with Gasteiger partial charge in [-0.2, -0.15) is 0 Å². The Labute approximate surface area is 106 Å². The van der Waals surface area contributed by atoms with Crippen molar-refractivity contribution in [3.63, 3.8) is 0 Å². The molecule has 4 nitrogen and oxygen atoms in total. The summed E-state index contributed by atoms with van der Waals surface area (Å²) in [6.45, 7) is 6.97. The van der Waals surface area contributed by atoms with Crippen LogP contribution in [0, 0.1) is 5.92 Å². The number of likely N-dealkylation sites (N-methyl/N-ethyl adjacent to an activating group) is 1. The molecule has 0 aromatic carbocycles. The molecule has 17 heavy (non-hydrogen) atoms. The minimum absolute atomic E-state index is 0.0535. The van der Waals surface area contributed by atoms with Gasteiger partial charge in [0.15, 0.2) is 0 Å². The summed E-state index contributed by atoms with van der Waals surface area (Å²) >= 11 is 0. The molecule has 0 aromatic heterocycles. The van der Waals surface area contributed by atoms with Crippen LogP contribution in [-0.4, -0.2) is 43.5 Å². The van der Waals surface area contributed by atoms with E-state index in [9.17, 15) is 4.79 Å². The van der Waals surface area contributed by atoms with E-state index in [4.69, 9.17) is 5.73 Å². The number of hydrogen-bond donors (Lipinski definition) is 2. The molecule has 0 rings (SSSR count). The van der Waals surface area contributed by atoms with Gasteiger partial charge in [-0.1, -0.05) is 26.7 Å². The zero-order valence-electron chi connectivity index (χ0n) is 12.0. The van der Waals surface area contributed by atoms with Gasteiger partial charge in [0, 0.05) is 25.0 Å². The lowest BCUT2D eigenvalue weighted by Gasteiger charge is -2.31. The normalized spacial score (nSPS) is 15.1. The van der Waals surface area contributed by atoms with Gasteiger partial charge in [-0.15, -0.1) is 0 Å². The van der Waals surface area contributed by atoms with Crippen LogP contribution in [-0.2, 0) is 4.79 Å². The van der Waals surface area contributed by atoms with Crippen molar-refractivity contribution in [1.29, 1.82) is 0 Å². The maximum absolute atomic E-state index is 11.6. The van der Waals surface area contributed by atoms with Crippen molar-refractivity contribution in [2.75, 3.05) is 20.6 Å². The van der Waals surface area contributed by atoms with Crippen LogP contribution in [0.1, 0.15) is 40.0 Å². The van der Waals surface area contributed by atoms with E-state index >= 15 is 0 Å². The van der Waals surface area contributed by atoms with E-state index in [1.165, 1.54) is 0 Å². The molecule has 2 unspecified atom stereocenters. The fraction of sp³-hybridized carbons (Fsp3) is 0.923. The topological polar surface area (TPSA) is 58.4 Å². The second-order valence-corrected chi connectivity index (χ2v) is 5.09. The Hall–Kier alpha value is -0.610. The molecule has 4 heteroatoms. The van der Waals surface area contributed by atoms with Gasteiger partial charge in [-0.05, 0) is 26.9 Å². The van der Waals surface area contributed by atoms with Crippen LogP contribution in [0.15, 0.2) is 0 Å². The summed E-state index contributed by atoms with van der Waals surface area (Å²) in [6, 6.07) is 0.336. The second kappa shape index (κ2) is 8.48. The zero-order valence-corrected chi connectivity index (χ0v) is 12.0. The molecule has 1 amide bonds. The lowest BCUT2D eigenvalue weighted by molar-refractivity contribution is -0.121. The maximum Gasteiger partial charge on any atom is 0.221 e.